The molecule has 2 aromatic carbocycles. The van der Waals surface area contributed by atoms with Gasteiger partial charge in [-0.1, -0.05) is 42.5 Å². The van der Waals surface area contributed by atoms with Gasteiger partial charge in [0.15, 0.2) is 0 Å². The Balaban J connectivity index is 2.05. The molecular weight excluding hydrogens is 280 g/mol. The molecule has 2 aromatic rings. The van der Waals surface area contributed by atoms with Gasteiger partial charge in [0.05, 0.1) is 16.5 Å². The number of nitro benzene ring substituents is 1. The van der Waals surface area contributed by atoms with E-state index < -0.39 is 4.92 Å². The summed E-state index contributed by atoms with van der Waals surface area (Å²) < 4.78 is 0. The van der Waals surface area contributed by atoms with Crippen LogP contribution in [0.2, 0.25) is 0 Å². The number of rotatable bonds is 5. The number of carbonyl (C=O) groups is 1. The highest BCUT2D eigenvalue weighted by Crippen LogP contribution is 2.19. The van der Waals surface area contributed by atoms with Crippen molar-refractivity contribution < 1.29 is 9.72 Å². The molecule has 0 saturated heterocycles. The predicted octanol–water partition coefficient (Wildman–Crippen LogP) is 3.49. The molecule has 0 radical (unpaired) electrons. The first-order chi connectivity index (χ1) is 10.6. The lowest BCUT2D eigenvalue weighted by atomic mass is 10.1. The summed E-state index contributed by atoms with van der Waals surface area (Å²) >= 11 is 0. The second-order valence-corrected chi connectivity index (χ2v) is 4.79. The lowest BCUT2D eigenvalue weighted by molar-refractivity contribution is -0.385. The minimum Gasteiger partial charge on any atom is -0.346 e. The molecule has 1 unspecified atom stereocenters. The average Bonchev–Trinajstić information content (AvgIpc) is 2.54. The highest BCUT2D eigenvalue weighted by molar-refractivity contribution is 5.92. The van der Waals surface area contributed by atoms with Gasteiger partial charge in [-0.15, -0.1) is 0 Å². The Hall–Kier alpha value is -2.95. The Morgan fingerprint density at radius 2 is 1.77 bits per heavy atom. The van der Waals surface area contributed by atoms with Gasteiger partial charge in [-0.25, -0.2) is 0 Å². The van der Waals surface area contributed by atoms with Gasteiger partial charge < -0.3 is 5.32 Å². The Bertz CT molecular complexity index is 696. The van der Waals surface area contributed by atoms with Crippen LogP contribution in [-0.4, -0.2) is 10.8 Å². The third-order valence-electron chi connectivity index (χ3n) is 3.21. The van der Waals surface area contributed by atoms with E-state index in [0.717, 1.165) is 5.56 Å². The molecule has 0 aliphatic carbocycles. The fourth-order valence-corrected chi connectivity index (χ4v) is 2.05. The molecule has 5 heteroatoms. The predicted molar refractivity (Wildman–Crippen MR) is 85.1 cm³/mol. The molecule has 5 nitrogen and oxygen atoms in total. The average molecular weight is 296 g/mol. The molecule has 112 valence electrons. The summed E-state index contributed by atoms with van der Waals surface area (Å²) in [6, 6.07) is 15.7. The van der Waals surface area contributed by atoms with E-state index in [1.807, 2.05) is 37.3 Å². The molecule has 0 aliphatic rings. The fraction of sp³-hybridized carbons (Fsp3) is 0.118. The molecule has 0 bridgehead atoms. The van der Waals surface area contributed by atoms with Crippen LogP contribution in [0.5, 0.6) is 0 Å². The van der Waals surface area contributed by atoms with E-state index in [2.05, 4.69) is 5.32 Å². The van der Waals surface area contributed by atoms with Crippen LogP contribution in [0.4, 0.5) is 5.69 Å². The van der Waals surface area contributed by atoms with E-state index in [0.29, 0.717) is 5.56 Å². The van der Waals surface area contributed by atoms with E-state index >= 15 is 0 Å². The molecule has 0 saturated carbocycles. The van der Waals surface area contributed by atoms with Crippen LogP contribution in [0.3, 0.4) is 0 Å². The summed E-state index contributed by atoms with van der Waals surface area (Å²) in [5.74, 6) is -0.297. The number of nitro groups is 1. The van der Waals surface area contributed by atoms with Gasteiger partial charge in [0, 0.05) is 12.1 Å². The number of hydrogen-bond donors (Lipinski definition) is 1. The molecule has 1 amide bonds. The Kier molecular flexibility index (Phi) is 5.03. The highest BCUT2D eigenvalue weighted by Gasteiger charge is 2.10. The standard InChI is InChI=1S/C17H16N2O3/c1-13(14-7-3-2-4-8-14)18-17(20)12-11-15-9-5-6-10-16(15)19(21)22/h2-13H,1H3,(H,18,20). The van der Waals surface area contributed by atoms with Crippen molar-refractivity contribution in [1.82, 2.24) is 5.32 Å². The molecule has 1 atom stereocenters. The van der Waals surface area contributed by atoms with Crippen molar-refractivity contribution in [2.45, 2.75) is 13.0 Å². The van der Waals surface area contributed by atoms with Crippen LogP contribution in [0.1, 0.15) is 24.1 Å². The SMILES string of the molecule is CC(NC(=O)C=Cc1ccccc1[N+](=O)[O-])c1ccccc1. The smallest absolute Gasteiger partial charge is 0.276 e. The van der Waals surface area contributed by atoms with Crippen LogP contribution in [0.15, 0.2) is 60.7 Å². The van der Waals surface area contributed by atoms with Crippen molar-refractivity contribution in [3.63, 3.8) is 0 Å². The number of amides is 1. The van der Waals surface area contributed by atoms with Crippen LogP contribution >= 0.6 is 0 Å². The van der Waals surface area contributed by atoms with Gasteiger partial charge in [-0.3, -0.25) is 14.9 Å². The summed E-state index contributed by atoms with van der Waals surface area (Å²) in [6.07, 6.45) is 2.76. The van der Waals surface area contributed by atoms with E-state index in [1.54, 1.807) is 18.2 Å². The molecule has 0 aromatic heterocycles. The summed E-state index contributed by atoms with van der Waals surface area (Å²) in [5.41, 5.74) is 1.37. The third-order valence-corrected chi connectivity index (χ3v) is 3.21. The number of nitrogens with one attached hydrogen (secondary N) is 1. The fourth-order valence-electron chi connectivity index (χ4n) is 2.05. The molecule has 22 heavy (non-hydrogen) atoms. The zero-order valence-corrected chi connectivity index (χ0v) is 12.1. The van der Waals surface area contributed by atoms with E-state index in [9.17, 15) is 14.9 Å². The van der Waals surface area contributed by atoms with Gasteiger partial charge in [0.25, 0.3) is 5.69 Å². The summed E-state index contributed by atoms with van der Waals surface area (Å²) in [7, 11) is 0. The number of carbonyl (C=O) groups excluding carboxylic acids is 1. The summed E-state index contributed by atoms with van der Waals surface area (Å²) in [4.78, 5) is 22.3. The second-order valence-electron chi connectivity index (χ2n) is 4.79. The maximum Gasteiger partial charge on any atom is 0.276 e. The Labute approximate surface area is 128 Å². The molecule has 0 fully saturated rings. The summed E-state index contributed by atoms with van der Waals surface area (Å²) in [5, 5.41) is 13.7. The van der Waals surface area contributed by atoms with Crippen LogP contribution in [-0.2, 0) is 4.79 Å². The van der Waals surface area contributed by atoms with Crippen LogP contribution in [0.25, 0.3) is 6.08 Å². The zero-order valence-electron chi connectivity index (χ0n) is 12.1. The van der Waals surface area contributed by atoms with Crippen molar-refractivity contribution >= 4 is 17.7 Å². The first-order valence-electron chi connectivity index (χ1n) is 6.85. The first kappa shape index (κ1) is 15.4. The van der Waals surface area contributed by atoms with Crippen molar-refractivity contribution in [1.29, 1.82) is 0 Å². The maximum atomic E-state index is 11.9. The van der Waals surface area contributed by atoms with Gasteiger partial charge in [-0.2, -0.15) is 0 Å². The molecule has 0 heterocycles. The zero-order chi connectivity index (χ0) is 15.9. The molecular formula is C17H16N2O3. The maximum absolute atomic E-state index is 11.9. The Morgan fingerprint density at radius 1 is 1.14 bits per heavy atom. The number of benzene rings is 2. The molecule has 1 N–H and O–H groups in total. The van der Waals surface area contributed by atoms with E-state index in [1.165, 1.54) is 18.2 Å². The number of nitrogens with zero attached hydrogens (tertiary/aromatic N) is 1. The minimum absolute atomic E-state index is 0.0253. The third kappa shape index (κ3) is 4.02. The minimum atomic E-state index is -0.468. The van der Waals surface area contributed by atoms with Gasteiger partial charge in [0.1, 0.15) is 0 Å². The van der Waals surface area contributed by atoms with E-state index in [4.69, 9.17) is 0 Å². The molecule has 0 spiro atoms. The summed E-state index contributed by atoms with van der Waals surface area (Å²) in [6.45, 7) is 1.88. The number of para-hydroxylation sites is 1. The quantitative estimate of drug-likeness (QED) is 0.521. The van der Waals surface area contributed by atoms with Crippen molar-refractivity contribution in [2.75, 3.05) is 0 Å². The van der Waals surface area contributed by atoms with Crippen LogP contribution in [0, 0.1) is 10.1 Å². The van der Waals surface area contributed by atoms with Crippen molar-refractivity contribution in [2.24, 2.45) is 0 Å². The van der Waals surface area contributed by atoms with Crippen molar-refractivity contribution in [3.8, 4) is 0 Å². The first-order valence-corrected chi connectivity index (χ1v) is 6.85. The highest BCUT2D eigenvalue weighted by atomic mass is 16.6. The van der Waals surface area contributed by atoms with Gasteiger partial charge in [-0.05, 0) is 24.6 Å². The van der Waals surface area contributed by atoms with Crippen molar-refractivity contribution in [3.05, 3.63) is 81.9 Å². The monoisotopic (exact) mass is 296 g/mol. The topological polar surface area (TPSA) is 72.2 Å². The number of hydrogen-bond acceptors (Lipinski definition) is 3. The largest absolute Gasteiger partial charge is 0.346 e. The lowest BCUT2D eigenvalue weighted by Gasteiger charge is -2.12. The van der Waals surface area contributed by atoms with Crippen LogP contribution < -0.4 is 5.32 Å². The molecule has 0 aliphatic heterocycles. The second kappa shape index (κ2) is 7.17. The molecule has 2 rings (SSSR count). The van der Waals surface area contributed by atoms with Gasteiger partial charge in [0.2, 0.25) is 5.91 Å². The normalized spacial score (nSPS) is 12.0. The van der Waals surface area contributed by atoms with Gasteiger partial charge >= 0.3 is 0 Å². The lowest BCUT2D eigenvalue weighted by Crippen LogP contribution is -2.24. The van der Waals surface area contributed by atoms with E-state index in [-0.39, 0.29) is 17.6 Å². The Morgan fingerprint density at radius 3 is 2.45 bits per heavy atom.